The summed E-state index contributed by atoms with van der Waals surface area (Å²) in [5, 5.41) is 0.931. The van der Waals surface area contributed by atoms with E-state index in [9.17, 15) is 9.59 Å². The number of nitrogens with zero attached hydrogens (tertiary/aromatic N) is 2. The van der Waals surface area contributed by atoms with Crippen molar-refractivity contribution < 1.29 is 19.0 Å². The standard InChI is InChI=1S/C32H27Cl2IN2O5S/c1-5-41-31(39)27-18(3)36-32-37(28(27)21-9-6-17(2)7-10-21)30(38)26(43-32)15-20-13-24(35)29(25(14-20)40-4)42-16-19-8-11-22(33)23(34)12-19/h6-15,28H,5,16H2,1-4H3/b26-15+/t28-/m0/s1. The van der Waals surface area contributed by atoms with Gasteiger partial charge in [0, 0.05) is 0 Å². The van der Waals surface area contributed by atoms with E-state index in [0.29, 0.717) is 42.1 Å². The molecule has 0 saturated heterocycles. The van der Waals surface area contributed by atoms with Crippen LogP contribution in [0.2, 0.25) is 10.0 Å². The molecule has 43 heavy (non-hydrogen) atoms. The molecule has 1 aliphatic rings. The number of aromatic nitrogens is 1. The first-order valence-corrected chi connectivity index (χ1v) is 16.0. The molecule has 1 atom stereocenters. The van der Waals surface area contributed by atoms with E-state index < -0.39 is 12.0 Å². The van der Waals surface area contributed by atoms with Crippen LogP contribution in [0.3, 0.4) is 0 Å². The molecule has 0 N–H and O–H groups in total. The van der Waals surface area contributed by atoms with Gasteiger partial charge in [0.05, 0.1) is 49.2 Å². The molecule has 3 aromatic carbocycles. The van der Waals surface area contributed by atoms with Crippen LogP contribution in [0.1, 0.15) is 42.1 Å². The largest absolute Gasteiger partial charge is 0.493 e. The van der Waals surface area contributed by atoms with Gasteiger partial charge in [-0.05, 0) is 90.4 Å². The number of fused-ring (bicyclic) bond motifs is 1. The van der Waals surface area contributed by atoms with Crippen LogP contribution < -0.4 is 24.4 Å². The Morgan fingerprint density at radius 2 is 1.84 bits per heavy atom. The monoisotopic (exact) mass is 748 g/mol. The van der Waals surface area contributed by atoms with Gasteiger partial charge in [0.1, 0.15) is 6.61 Å². The van der Waals surface area contributed by atoms with Gasteiger partial charge >= 0.3 is 5.97 Å². The van der Waals surface area contributed by atoms with Gasteiger partial charge < -0.3 is 14.2 Å². The van der Waals surface area contributed by atoms with Crippen molar-refractivity contribution in [1.82, 2.24) is 4.57 Å². The molecule has 0 radical (unpaired) electrons. The van der Waals surface area contributed by atoms with Crippen LogP contribution in [-0.2, 0) is 16.1 Å². The average molecular weight is 749 g/mol. The van der Waals surface area contributed by atoms with Gasteiger partial charge in [-0.15, -0.1) is 0 Å². The lowest BCUT2D eigenvalue weighted by atomic mass is 9.95. The summed E-state index contributed by atoms with van der Waals surface area (Å²) in [6.07, 6.45) is 1.80. The van der Waals surface area contributed by atoms with Crippen LogP contribution in [-0.4, -0.2) is 24.3 Å². The summed E-state index contributed by atoms with van der Waals surface area (Å²) in [4.78, 5) is 32.2. The van der Waals surface area contributed by atoms with E-state index in [1.807, 2.05) is 49.4 Å². The third kappa shape index (κ3) is 6.55. The fourth-order valence-corrected chi connectivity index (χ4v) is 6.90. The molecule has 11 heteroatoms. The van der Waals surface area contributed by atoms with Gasteiger partial charge in [0.15, 0.2) is 16.3 Å². The summed E-state index contributed by atoms with van der Waals surface area (Å²) in [7, 11) is 1.57. The van der Waals surface area contributed by atoms with Crippen molar-refractivity contribution in [3.8, 4) is 11.5 Å². The second-order valence-corrected chi connectivity index (χ2v) is 12.8. The van der Waals surface area contributed by atoms with Crippen molar-refractivity contribution in [2.45, 2.75) is 33.4 Å². The van der Waals surface area contributed by atoms with Crippen molar-refractivity contribution in [3.05, 3.63) is 121 Å². The Hall–Kier alpha value is -3.12. The molecule has 0 bridgehead atoms. The molecule has 0 amide bonds. The SMILES string of the molecule is CCOC(=O)C1=C(C)N=c2s/c(=C/c3cc(I)c(OCc4ccc(Cl)c(Cl)c4)c(OC)c3)c(=O)n2[C@H]1c1ccc(C)cc1. The summed E-state index contributed by atoms with van der Waals surface area (Å²) < 4.78 is 20.0. The summed E-state index contributed by atoms with van der Waals surface area (Å²) in [6.45, 7) is 6.00. The van der Waals surface area contributed by atoms with Crippen LogP contribution in [0.15, 0.2) is 75.7 Å². The maximum absolute atomic E-state index is 13.9. The minimum Gasteiger partial charge on any atom is -0.493 e. The van der Waals surface area contributed by atoms with E-state index in [1.54, 1.807) is 43.7 Å². The Balaban J connectivity index is 1.56. The highest BCUT2D eigenvalue weighted by Gasteiger charge is 2.33. The molecule has 0 unspecified atom stereocenters. The minimum atomic E-state index is -0.662. The number of hydrogen-bond acceptors (Lipinski definition) is 7. The minimum absolute atomic E-state index is 0.217. The number of rotatable bonds is 8. The van der Waals surface area contributed by atoms with Crippen LogP contribution in [0.5, 0.6) is 11.5 Å². The zero-order chi connectivity index (χ0) is 30.8. The molecule has 4 aromatic rings. The molecule has 0 aliphatic carbocycles. The average Bonchev–Trinajstić information content (AvgIpc) is 3.27. The van der Waals surface area contributed by atoms with E-state index in [0.717, 1.165) is 25.8 Å². The lowest BCUT2D eigenvalue weighted by molar-refractivity contribution is -0.139. The van der Waals surface area contributed by atoms with Gasteiger partial charge in [0.25, 0.3) is 5.56 Å². The third-order valence-corrected chi connectivity index (χ3v) is 9.35. The molecule has 0 saturated carbocycles. The van der Waals surface area contributed by atoms with Crippen LogP contribution in [0.4, 0.5) is 0 Å². The van der Waals surface area contributed by atoms with Crippen molar-refractivity contribution >= 4 is 69.2 Å². The number of hydrogen-bond donors (Lipinski definition) is 0. The number of carbonyl (C=O) groups is 1. The fraction of sp³-hybridized carbons (Fsp3) is 0.219. The summed E-state index contributed by atoms with van der Waals surface area (Å²) in [6, 6.07) is 16.2. The number of halogens is 3. The van der Waals surface area contributed by atoms with Crippen LogP contribution in [0.25, 0.3) is 6.08 Å². The predicted molar refractivity (Wildman–Crippen MR) is 178 cm³/mol. The molecular formula is C32H27Cl2IN2O5S. The molecule has 0 fully saturated rings. The maximum atomic E-state index is 13.9. The first-order valence-electron chi connectivity index (χ1n) is 13.3. The van der Waals surface area contributed by atoms with Crippen LogP contribution >= 0.6 is 57.1 Å². The lowest BCUT2D eigenvalue weighted by Gasteiger charge is -2.24. The Morgan fingerprint density at radius 1 is 1.09 bits per heavy atom. The normalized spacial score (nSPS) is 14.8. The number of allylic oxidation sites excluding steroid dienone is 1. The van der Waals surface area contributed by atoms with Gasteiger partial charge in [-0.1, -0.05) is 70.4 Å². The molecule has 0 spiro atoms. The van der Waals surface area contributed by atoms with E-state index in [4.69, 9.17) is 37.4 Å². The molecule has 1 aliphatic heterocycles. The number of aryl methyl sites for hydroxylation is 1. The fourth-order valence-electron chi connectivity index (χ4n) is 4.76. The number of carbonyl (C=O) groups excluding carboxylic acids is 1. The van der Waals surface area contributed by atoms with Gasteiger partial charge in [-0.3, -0.25) is 9.36 Å². The zero-order valence-corrected chi connectivity index (χ0v) is 28.2. The predicted octanol–water partition coefficient (Wildman–Crippen LogP) is 6.61. The molecule has 2 heterocycles. The second kappa shape index (κ2) is 13.3. The van der Waals surface area contributed by atoms with Crippen molar-refractivity contribution in [3.63, 3.8) is 0 Å². The van der Waals surface area contributed by atoms with E-state index in [1.165, 1.54) is 11.3 Å². The number of methoxy groups -OCH3 is 1. The number of ether oxygens (including phenoxy) is 3. The Morgan fingerprint density at radius 3 is 2.51 bits per heavy atom. The smallest absolute Gasteiger partial charge is 0.338 e. The van der Waals surface area contributed by atoms with Gasteiger partial charge in [-0.25, -0.2) is 9.79 Å². The second-order valence-electron chi connectivity index (χ2n) is 9.78. The lowest BCUT2D eigenvalue weighted by Crippen LogP contribution is -2.39. The molecule has 7 nitrogen and oxygen atoms in total. The Kier molecular flexibility index (Phi) is 9.65. The van der Waals surface area contributed by atoms with Crippen molar-refractivity contribution in [2.75, 3.05) is 13.7 Å². The van der Waals surface area contributed by atoms with E-state index >= 15 is 0 Å². The highest BCUT2D eigenvalue weighted by molar-refractivity contribution is 14.1. The molecule has 1 aromatic heterocycles. The summed E-state index contributed by atoms with van der Waals surface area (Å²) in [5.41, 5.74) is 4.11. The Bertz CT molecular complexity index is 1930. The highest BCUT2D eigenvalue weighted by atomic mass is 127. The third-order valence-electron chi connectivity index (χ3n) is 6.83. The van der Waals surface area contributed by atoms with Crippen molar-refractivity contribution in [2.24, 2.45) is 4.99 Å². The first-order chi connectivity index (χ1) is 20.6. The number of esters is 1. The van der Waals surface area contributed by atoms with Gasteiger partial charge in [-0.2, -0.15) is 0 Å². The molecular weight excluding hydrogens is 722 g/mol. The van der Waals surface area contributed by atoms with E-state index in [-0.39, 0.29) is 18.8 Å². The quantitative estimate of drug-likeness (QED) is 0.150. The van der Waals surface area contributed by atoms with Crippen molar-refractivity contribution in [1.29, 1.82) is 0 Å². The van der Waals surface area contributed by atoms with Crippen LogP contribution in [0, 0.1) is 10.5 Å². The molecule has 222 valence electrons. The highest BCUT2D eigenvalue weighted by Crippen LogP contribution is 2.35. The first kappa shape index (κ1) is 31.3. The topological polar surface area (TPSA) is 79.1 Å². The van der Waals surface area contributed by atoms with Gasteiger partial charge in [0.2, 0.25) is 0 Å². The zero-order valence-electron chi connectivity index (χ0n) is 23.7. The number of benzene rings is 3. The summed E-state index contributed by atoms with van der Waals surface area (Å²) >= 11 is 15.6. The summed E-state index contributed by atoms with van der Waals surface area (Å²) in [5.74, 6) is 0.602. The Labute approximate surface area is 276 Å². The van der Waals surface area contributed by atoms with E-state index in [2.05, 4.69) is 27.6 Å². The molecule has 5 rings (SSSR count). The maximum Gasteiger partial charge on any atom is 0.338 e. The number of thiazole rings is 1.